The molecule has 0 aromatic carbocycles. The smallest absolute Gasteiger partial charge is 0.0522 e. The van der Waals surface area contributed by atoms with Crippen molar-refractivity contribution in [3.05, 3.63) is 12.2 Å². The minimum absolute atomic E-state index is 0.566. The lowest BCUT2D eigenvalue weighted by atomic mass is 10.1. The Morgan fingerprint density at radius 3 is 2.70 bits per heavy atom. The lowest BCUT2D eigenvalue weighted by Crippen LogP contribution is -1.98. The van der Waals surface area contributed by atoms with Crippen LogP contribution in [0.3, 0.4) is 0 Å². The van der Waals surface area contributed by atoms with Gasteiger partial charge in [-0.2, -0.15) is 0 Å². The summed E-state index contributed by atoms with van der Waals surface area (Å²) in [5.41, 5.74) is 0. The van der Waals surface area contributed by atoms with E-state index in [9.17, 15) is 0 Å². The van der Waals surface area contributed by atoms with Crippen LogP contribution in [0, 0.1) is 5.92 Å². The molecule has 0 aliphatic carbocycles. The van der Waals surface area contributed by atoms with Crippen molar-refractivity contribution in [1.29, 1.82) is 0 Å². The molecule has 0 fully saturated rings. The highest BCUT2D eigenvalue weighted by atomic mass is 16.5. The van der Waals surface area contributed by atoms with Crippen molar-refractivity contribution in [2.24, 2.45) is 5.92 Å². The maximum Gasteiger partial charge on any atom is 0.0522 e. The molecule has 0 saturated heterocycles. The predicted molar refractivity (Wildman–Crippen MR) is 45.1 cm³/mol. The molecule has 1 nitrogen and oxygen atoms in total. The maximum atomic E-state index is 4.98. The molecule has 0 bridgehead atoms. The van der Waals surface area contributed by atoms with Gasteiger partial charge in [0.1, 0.15) is 0 Å². The van der Waals surface area contributed by atoms with Crippen LogP contribution in [0.5, 0.6) is 0 Å². The summed E-state index contributed by atoms with van der Waals surface area (Å²) < 4.78 is 4.98. The first kappa shape index (κ1) is 9.70. The molecule has 0 amide bonds. The van der Waals surface area contributed by atoms with Gasteiger partial charge in [0.05, 0.1) is 6.61 Å². The van der Waals surface area contributed by atoms with Gasteiger partial charge in [0, 0.05) is 7.11 Å². The second kappa shape index (κ2) is 6.81. The number of rotatable bonds is 5. The van der Waals surface area contributed by atoms with Crippen LogP contribution in [0.1, 0.15) is 26.7 Å². The van der Waals surface area contributed by atoms with E-state index in [1.165, 1.54) is 12.8 Å². The van der Waals surface area contributed by atoms with Crippen molar-refractivity contribution in [2.75, 3.05) is 13.7 Å². The first-order valence-electron chi connectivity index (χ1n) is 3.96. The van der Waals surface area contributed by atoms with E-state index in [-0.39, 0.29) is 0 Å². The molecule has 0 aromatic heterocycles. The zero-order valence-electron chi connectivity index (χ0n) is 7.26. The highest BCUT2D eigenvalue weighted by Gasteiger charge is 1.92. The van der Waals surface area contributed by atoms with Crippen LogP contribution in [0.25, 0.3) is 0 Å². The average molecular weight is 142 g/mol. The molecular formula is C9H18O. The van der Waals surface area contributed by atoms with Crippen LogP contribution in [-0.4, -0.2) is 13.7 Å². The second-order valence-electron chi connectivity index (χ2n) is 2.65. The summed E-state index contributed by atoms with van der Waals surface area (Å²) in [5, 5.41) is 0. The van der Waals surface area contributed by atoms with Gasteiger partial charge in [0.25, 0.3) is 0 Å². The Morgan fingerprint density at radius 2 is 2.20 bits per heavy atom. The molecule has 0 aliphatic heterocycles. The first-order chi connectivity index (χ1) is 4.81. The Labute approximate surface area is 64.1 Å². The van der Waals surface area contributed by atoms with Gasteiger partial charge in [-0.15, -0.1) is 0 Å². The fourth-order valence-corrected chi connectivity index (χ4v) is 0.814. The third-order valence-electron chi connectivity index (χ3n) is 1.35. The van der Waals surface area contributed by atoms with Crippen molar-refractivity contribution in [3.63, 3.8) is 0 Å². The van der Waals surface area contributed by atoms with Crippen molar-refractivity contribution in [3.8, 4) is 0 Å². The van der Waals surface area contributed by atoms with Crippen molar-refractivity contribution < 1.29 is 4.74 Å². The molecule has 0 aromatic rings. The Balaban J connectivity index is 3.26. The highest BCUT2D eigenvalue weighted by Crippen LogP contribution is 1.99. The zero-order valence-corrected chi connectivity index (χ0v) is 7.26. The van der Waals surface area contributed by atoms with Crippen LogP contribution in [0.15, 0.2) is 12.2 Å². The molecule has 0 spiro atoms. The Bertz CT molecular complexity index is 86.7. The standard InChI is InChI=1S/C9H18O/c1-4-5-6-7-9(2)8-10-3/h6-7,9H,4-5,8H2,1-3H3/b7-6+. The Morgan fingerprint density at radius 1 is 1.50 bits per heavy atom. The van der Waals surface area contributed by atoms with Gasteiger partial charge in [0.2, 0.25) is 0 Å². The zero-order chi connectivity index (χ0) is 7.82. The molecule has 1 heteroatoms. The Kier molecular flexibility index (Phi) is 6.61. The monoisotopic (exact) mass is 142 g/mol. The van der Waals surface area contributed by atoms with E-state index in [4.69, 9.17) is 4.74 Å². The summed E-state index contributed by atoms with van der Waals surface area (Å²) in [7, 11) is 1.74. The van der Waals surface area contributed by atoms with Gasteiger partial charge in [-0.25, -0.2) is 0 Å². The summed E-state index contributed by atoms with van der Waals surface area (Å²) in [6.07, 6.45) is 6.86. The van der Waals surface area contributed by atoms with E-state index >= 15 is 0 Å². The minimum Gasteiger partial charge on any atom is -0.384 e. The van der Waals surface area contributed by atoms with Gasteiger partial charge >= 0.3 is 0 Å². The SMILES string of the molecule is CCC/C=C/C(C)COC. The maximum absolute atomic E-state index is 4.98. The van der Waals surface area contributed by atoms with Gasteiger partial charge in [-0.1, -0.05) is 32.4 Å². The summed E-state index contributed by atoms with van der Waals surface area (Å²) in [6.45, 7) is 5.18. The second-order valence-corrected chi connectivity index (χ2v) is 2.65. The number of methoxy groups -OCH3 is 1. The third-order valence-corrected chi connectivity index (χ3v) is 1.35. The molecule has 1 atom stereocenters. The molecular weight excluding hydrogens is 124 g/mol. The van der Waals surface area contributed by atoms with Crippen LogP contribution >= 0.6 is 0 Å². The van der Waals surface area contributed by atoms with Crippen LogP contribution in [0.2, 0.25) is 0 Å². The van der Waals surface area contributed by atoms with Crippen LogP contribution in [0.4, 0.5) is 0 Å². The minimum atomic E-state index is 0.566. The van der Waals surface area contributed by atoms with Gasteiger partial charge < -0.3 is 4.74 Å². The van der Waals surface area contributed by atoms with Gasteiger partial charge in [-0.3, -0.25) is 0 Å². The molecule has 0 radical (unpaired) electrons. The quantitative estimate of drug-likeness (QED) is 0.536. The number of ether oxygens (including phenoxy) is 1. The summed E-state index contributed by atoms with van der Waals surface area (Å²) >= 11 is 0. The van der Waals surface area contributed by atoms with Gasteiger partial charge in [-0.05, 0) is 12.3 Å². The number of allylic oxidation sites excluding steroid dienone is 1. The third kappa shape index (κ3) is 5.83. The number of unbranched alkanes of at least 4 members (excludes halogenated alkanes) is 1. The number of hydrogen-bond acceptors (Lipinski definition) is 1. The molecule has 0 rings (SSSR count). The van der Waals surface area contributed by atoms with Crippen LogP contribution in [-0.2, 0) is 4.74 Å². The highest BCUT2D eigenvalue weighted by molar-refractivity contribution is 4.85. The molecule has 0 saturated carbocycles. The van der Waals surface area contributed by atoms with E-state index < -0.39 is 0 Å². The van der Waals surface area contributed by atoms with E-state index in [1.54, 1.807) is 7.11 Å². The van der Waals surface area contributed by atoms with Gasteiger partial charge in [0.15, 0.2) is 0 Å². The fourth-order valence-electron chi connectivity index (χ4n) is 0.814. The van der Waals surface area contributed by atoms with Crippen molar-refractivity contribution in [1.82, 2.24) is 0 Å². The molecule has 0 heterocycles. The summed E-state index contributed by atoms with van der Waals surface area (Å²) in [4.78, 5) is 0. The summed E-state index contributed by atoms with van der Waals surface area (Å²) in [6, 6.07) is 0. The summed E-state index contributed by atoms with van der Waals surface area (Å²) in [5.74, 6) is 0.566. The van der Waals surface area contributed by atoms with Crippen LogP contribution < -0.4 is 0 Å². The van der Waals surface area contributed by atoms with E-state index in [2.05, 4.69) is 26.0 Å². The van der Waals surface area contributed by atoms with E-state index in [0.29, 0.717) is 5.92 Å². The Hall–Kier alpha value is -0.300. The number of hydrogen-bond donors (Lipinski definition) is 0. The molecule has 60 valence electrons. The average Bonchev–Trinajstić information content (AvgIpc) is 1.89. The lowest BCUT2D eigenvalue weighted by Gasteiger charge is -2.02. The fraction of sp³-hybridized carbons (Fsp3) is 0.778. The van der Waals surface area contributed by atoms with E-state index in [0.717, 1.165) is 6.61 Å². The molecule has 0 aliphatic rings. The van der Waals surface area contributed by atoms with Crippen molar-refractivity contribution >= 4 is 0 Å². The topological polar surface area (TPSA) is 9.23 Å². The van der Waals surface area contributed by atoms with E-state index in [1.807, 2.05) is 0 Å². The molecule has 0 N–H and O–H groups in total. The lowest BCUT2D eigenvalue weighted by molar-refractivity contribution is 0.176. The van der Waals surface area contributed by atoms with Crippen molar-refractivity contribution in [2.45, 2.75) is 26.7 Å². The molecule has 10 heavy (non-hydrogen) atoms. The predicted octanol–water partition coefficient (Wildman–Crippen LogP) is 2.63. The normalized spacial score (nSPS) is 14.3. The first-order valence-corrected chi connectivity index (χ1v) is 3.96. The largest absolute Gasteiger partial charge is 0.384 e. The molecule has 1 unspecified atom stereocenters.